The van der Waals surface area contributed by atoms with Gasteiger partial charge in [0, 0.05) is 13.2 Å². The lowest BCUT2D eigenvalue weighted by Gasteiger charge is -2.22. The predicted molar refractivity (Wildman–Crippen MR) is 62.9 cm³/mol. The smallest absolute Gasteiger partial charge is 0.232 e. The molecule has 0 aromatic rings. The Morgan fingerprint density at radius 3 is 2.94 bits per heavy atom. The molecule has 0 radical (unpaired) electrons. The average Bonchev–Trinajstić information content (AvgIpc) is 2.30. The van der Waals surface area contributed by atoms with E-state index in [0.29, 0.717) is 19.3 Å². The van der Waals surface area contributed by atoms with Crippen LogP contribution in [-0.2, 0) is 9.53 Å². The molecule has 1 rings (SSSR count). The minimum atomic E-state index is -0.0793. The third-order valence-corrected chi connectivity index (χ3v) is 2.55. The topological polar surface area (TPSA) is 50.4 Å². The van der Waals surface area contributed by atoms with Gasteiger partial charge in [-0.1, -0.05) is 5.92 Å². The van der Waals surface area contributed by atoms with Crippen molar-refractivity contribution in [2.24, 2.45) is 0 Å². The molecule has 0 aromatic carbocycles. The molecule has 1 saturated heterocycles. The van der Waals surface area contributed by atoms with Crippen molar-refractivity contribution in [1.29, 1.82) is 0 Å². The normalized spacial score (nSPS) is 16.7. The quantitative estimate of drug-likeness (QED) is 0.503. The second-order valence-electron chi connectivity index (χ2n) is 3.90. The van der Waals surface area contributed by atoms with Crippen molar-refractivity contribution in [3.8, 4) is 12.3 Å². The molecule has 4 nitrogen and oxygen atoms in total. The Hall–Kier alpha value is -1.05. The van der Waals surface area contributed by atoms with Crippen LogP contribution in [0.2, 0.25) is 0 Å². The highest BCUT2D eigenvalue weighted by atomic mass is 16.5. The Morgan fingerprint density at radius 2 is 2.25 bits per heavy atom. The highest BCUT2D eigenvalue weighted by Gasteiger charge is 2.12. The van der Waals surface area contributed by atoms with E-state index in [2.05, 4.69) is 16.6 Å². The van der Waals surface area contributed by atoms with Gasteiger partial charge in [-0.25, -0.2) is 0 Å². The molecule has 1 amide bonds. The van der Waals surface area contributed by atoms with Gasteiger partial charge in [0.05, 0.1) is 12.5 Å². The monoisotopic (exact) mass is 224 g/mol. The standard InChI is InChI=1S/C12H20N2O2/c1-2-4-12(15)14-7-3-10-16-11-5-8-13-9-6-11/h1,11,13H,3-10H2,(H,14,15). The predicted octanol–water partition coefficient (Wildman–Crippen LogP) is 0.285. The molecule has 1 aliphatic rings. The molecule has 90 valence electrons. The molecule has 1 heterocycles. The maximum atomic E-state index is 11.0. The van der Waals surface area contributed by atoms with E-state index < -0.39 is 0 Å². The van der Waals surface area contributed by atoms with Gasteiger partial charge in [0.25, 0.3) is 0 Å². The van der Waals surface area contributed by atoms with E-state index in [9.17, 15) is 4.79 Å². The lowest BCUT2D eigenvalue weighted by atomic mass is 10.1. The second kappa shape index (κ2) is 8.14. The molecule has 2 N–H and O–H groups in total. The van der Waals surface area contributed by atoms with Crippen molar-refractivity contribution in [3.63, 3.8) is 0 Å². The fraction of sp³-hybridized carbons (Fsp3) is 0.750. The van der Waals surface area contributed by atoms with E-state index in [1.807, 2.05) is 0 Å². The Morgan fingerprint density at radius 1 is 1.50 bits per heavy atom. The van der Waals surface area contributed by atoms with Crippen molar-refractivity contribution in [3.05, 3.63) is 0 Å². The fourth-order valence-electron chi connectivity index (χ4n) is 1.67. The molecule has 4 heteroatoms. The molecule has 0 aliphatic carbocycles. The van der Waals surface area contributed by atoms with Crippen LogP contribution in [0.25, 0.3) is 0 Å². The van der Waals surface area contributed by atoms with Crippen molar-refractivity contribution < 1.29 is 9.53 Å². The molecule has 1 aliphatic heterocycles. The minimum Gasteiger partial charge on any atom is -0.378 e. The number of hydrogen-bond acceptors (Lipinski definition) is 3. The number of carbonyl (C=O) groups excluding carboxylic acids is 1. The van der Waals surface area contributed by atoms with E-state index >= 15 is 0 Å². The Bertz CT molecular complexity index is 242. The molecule has 0 aromatic heterocycles. The first-order valence-electron chi connectivity index (χ1n) is 5.85. The van der Waals surface area contributed by atoms with Gasteiger partial charge in [-0.05, 0) is 32.4 Å². The fourth-order valence-corrected chi connectivity index (χ4v) is 1.67. The molecule has 0 bridgehead atoms. The maximum absolute atomic E-state index is 11.0. The third kappa shape index (κ3) is 5.74. The molecule has 0 atom stereocenters. The zero-order valence-corrected chi connectivity index (χ0v) is 9.63. The minimum absolute atomic E-state index is 0.0793. The number of terminal acetylenes is 1. The van der Waals surface area contributed by atoms with Gasteiger partial charge in [-0.3, -0.25) is 4.79 Å². The van der Waals surface area contributed by atoms with Gasteiger partial charge in [0.2, 0.25) is 5.91 Å². The summed E-state index contributed by atoms with van der Waals surface area (Å²) in [5, 5.41) is 6.04. The van der Waals surface area contributed by atoms with E-state index in [4.69, 9.17) is 11.2 Å². The molecule has 0 saturated carbocycles. The van der Waals surface area contributed by atoms with E-state index in [1.54, 1.807) is 0 Å². The van der Waals surface area contributed by atoms with Crippen LogP contribution < -0.4 is 10.6 Å². The lowest BCUT2D eigenvalue weighted by Crippen LogP contribution is -2.33. The van der Waals surface area contributed by atoms with E-state index in [0.717, 1.165) is 32.4 Å². The molecule has 0 unspecified atom stereocenters. The first kappa shape index (κ1) is 13.0. The number of hydrogen-bond donors (Lipinski definition) is 2. The largest absolute Gasteiger partial charge is 0.378 e. The molecular formula is C12H20N2O2. The molecule has 1 fully saturated rings. The molecular weight excluding hydrogens is 204 g/mol. The highest BCUT2D eigenvalue weighted by Crippen LogP contribution is 2.06. The highest BCUT2D eigenvalue weighted by molar-refractivity contribution is 5.78. The number of piperidine rings is 1. The number of rotatable bonds is 6. The van der Waals surface area contributed by atoms with Crippen molar-refractivity contribution in [2.45, 2.75) is 31.8 Å². The van der Waals surface area contributed by atoms with Crippen LogP contribution in [0.5, 0.6) is 0 Å². The van der Waals surface area contributed by atoms with Crippen LogP contribution in [0.3, 0.4) is 0 Å². The summed E-state index contributed by atoms with van der Waals surface area (Å²) in [4.78, 5) is 11.0. The summed E-state index contributed by atoms with van der Waals surface area (Å²) in [6.45, 7) is 3.44. The van der Waals surface area contributed by atoms with Crippen LogP contribution in [0.4, 0.5) is 0 Å². The van der Waals surface area contributed by atoms with Gasteiger partial charge < -0.3 is 15.4 Å². The number of nitrogens with one attached hydrogen (secondary N) is 2. The van der Waals surface area contributed by atoms with Crippen LogP contribution >= 0.6 is 0 Å². The van der Waals surface area contributed by atoms with Gasteiger partial charge >= 0.3 is 0 Å². The summed E-state index contributed by atoms with van der Waals surface area (Å²) in [5.41, 5.74) is 0. The zero-order chi connectivity index (χ0) is 11.6. The van der Waals surface area contributed by atoms with Crippen molar-refractivity contribution in [1.82, 2.24) is 10.6 Å². The summed E-state index contributed by atoms with van der Waals surface area (Å²) in [6.07, 6.45) is 8.59. The van der Waals surface area contributed by atoms with E-state index in [1.165, 1.54) is 0 Å². The molecule has 16 heavy (non-hydrogen) atoms. The summed E-state index contributed by atoms with van der Waals surface area (Å²) < 4.78 is 5.69. The van der Waals surface area contributed by atoms with Gasteiger partial charge in [0.15, 0.2) is 0 Å². The summed E-state index contributed by atoms with van der Waals surface area (Å²) in [7, 11) is 0. The Kier molecular flexibility index (Phi) is 6.62. The second-order valence-corrected chi connectivity index (χ2v) is 3.90. The Labute approximate surface area is 97.1 Å². The molecule has 0 spiro atoms. The van der Waals surface area contributed by atoms with Crippen molar-refractivity contribution >= 4 is 5.91 Å². The van der Waals surface area contributed by atoms with Crippen LogP contribution in [0.1, 0.15) is 25.7 Å². The zero-order valence-electron chi connectivity index (χ0n) is 9.63. The average molecular weight is 224 g/mol. The third-order valence-electron chi connectivity index (χ3n) is 2.55. The van der Waals surface area contributed by atoms with Crippen LogP contribution in [-0.4, -0.2) is 38.3 Å². The van der Waals surface area contributed by atoms with Gasteiger partial charge in [-0.15, -0.1) is 6.42 Å². The van der Waals surface area contributed by atoms with Gasteiger partial charge in [-0.2, -0.15) is 0 Å². The summed E-state index contributed by atoms with van der Waals surface area (Å²) in [5.74, 6) is 2.23. The SMILES string of the molecule is C#CCC(=O)NCCCOC1CCNCC1. The van der Waals surface area contributed by atoms with Gasteiger partial charge in [0.1, 0.15) is 0 Å². The summed E-state index contributed by atoms with van der Waals surface area (Å²) >= 11 is 0. The maximum Gasteiger partial charge on any atom is 0.232 e. The summed E-state index contributed by atoms with van der Waals surface area (Å²) in [6, 6.07) is 0. The first-order valence-corrected chi connectivity index (χ1v) is 5.85. The lowest BCUT2D eigenvalue weighted by molar-refractivity contribution is -0.120. The number of carbonyl (C=O) groups is 1. The van der Waals surface area contributed by atoms with E-state index in [-0.39, 0.29) is 12.3 Å². The number of ether oxygens (including phenoxy) is 1. The van der Waals surface area contributed by atoms with Crippen molar-refractivity contribution in [2.75, 3.05) is 26.2 Å². The van der Waals surface area contributed by atoms with Crippen LogP contribution in [0.15, 0.2) is 0 Å². The Balaban J connectivity index is 1.91. The first-order chi connectivity index (χ1) is 7.83. The number of amides is 1. The van der Waals surface area contributed by atoms with Crippen LogP contribution in [0, 0.1) is 12.3 Å².